The molecule has 0 aromatic carbocycles. The Bertz CT molecular complexity index is 252. The Balaban J connectivity index is 3.07. The largest absolute Gasteiger partial charge is 0.480 e. The van der Waals surface area contributed by atoms with E-state index < -0.39 is 11.5 Å². The van der Waals surface area contributed by atoms with Gasteiger partial charge in [0.2, 0.25) is 0 Å². The maximum absolute atomic E-state index is 11.7. The number of likely N-dealkylation sites (N-methyl/N-ethyl adjacent to an activating group) is 1. The Morgan fingerprint density at radius 3 is 2.50 bits per heavy atom. The van der Waals surface area contributed by atoms with E-state index >= 15 is 0 Å². The lowest BCUT2D eigenvalue weighted by molar-refractivity contribution is -0.160. The van der Waals surface area contributed by atoms with Gasteiger partial charge in [0.1, 0.15) is 5.54 Å². The van der Waals surface area contributed by atoms with Crippen molar-refractivity contribution in [2.75, 3.05) is 6.54 Å². The van der Waals surface area contributed by atoms with Crippen LogP contribution in [0.4, 0.5) is 0 Å². The van der Waals surface area contributed by atoms with Crippen LogP contribution in [0.3, 0.4) is 0 Å². The summed E-state index contributed by atoms with van der Waals surface area (Å²) < 4.78 is 0. The summed E-state index contributed by atoms with van der Waals surface area (Å²) in [5, 5.41) is 9.67. The zero-order valence-corrected chi connectivity index (χ0v) is 11.0. The van der Waals surface area contributed by atoms with E-state index in [0.29, 0.717) is 6.04 Å². The third-order valence-electron chi connectivity index (χ3n) is 4.11. The molecule has 1 fully saturated rings. The van der Waals surface area contributed by atoms with Crippen LogP contribution in [-0.2, 0) is 4.79 Å². The molecule has 0 heterocycles. The van der Waals surface area contributed by atoms with E-state index in [4.69, 9.17) is 0 Å². The van der Waals surface area contributed by atoms with Crippen molar-refractivity contribution in [2.24, 2.45) is 5.92 Å². The van der Waals surface area contributed by atoms with E-state index in [1.54, 1.807) is 0 Å². The number of rotatable bonds is 4. The molecule has 3 nitrogen and oxygen atoms in total. The second-order valence-electron chi connectivity index (χ2n) is 5.26. The maximum atomic E-state index is 11.7. The number of carboxylic acids is 1. The first-order chi connectivity index (χ1) is 7.46. The molecule has 2 atom stereocenters. The molecule has 2 unspecified atom stereocenters. The Morgan fingerprint density at radius 1 is 1.50 bits per heavy atom. The van der Waals surface area contributed by atoms with Crippen molar-refractivity contribution in [3.05, 3.63) is 0 Å². The molecule has 1 aliphatic rings. The van der Waals surface area contributed by atoms with Crippen LogP contribution in [0.5, 0.6) is 0 Å². The van der Waals surface area contributed by atoms with Crippen LogP contribution < -0.4 is 0 Å². The number of carbonyl (C=O) groups is 1. The van der Waals surface area contributed by atoms with Gasteiger partial charge in [0, 0.05) is 6.04 Å². The van der Waals surface area contributed by atoms with Crippen molar-refractivity contribution < 1.29 is 9.90 Å². The Morgan fingerprint density at radius 2 is 2.12 bits per heavy atom. The van der Waals surface area contributed by atoms with Crippen LogP contribution in [0.25, 0.3) is 0 Å². The van der Waals surface area contributed by atoms with Crippen molar-refractivity contribution in [1.82, 2.24) is 4.90 Å². The van der Waals surface area contributed by atoms with Crippen molar-refractivity contribution in [3.63, 3.8) is 0 Å². The molecule has 1 rings (SSSR count). The molecule has 0 radical (unpaired) electrons. The highest BCUT2D eigenvalue weighted by molar-refractivity contribution is 5.79. The van der Waals surface area contributed by atoms with Crippen LogP contribution in [0.15, 0.2) is 0 Å². The monoisotopic (exact) mass is 227 g/mol. The Labute approximate surface area is 98.8 Å². The first-order valence-corrected chi connectivity index (χ1v) is 6.47. The van der Waals surface area contributed by atoms with E-state index in [1.165, 1.54) is 6.42 Å². The maximum Gasteiger partial charge on any atom is 0.324 e. The molecule has 0 amide bonds. The molecule has 0 aliphatic heterocycles. The predicted molar refractivity (Wildman–Crippen MR) is 65.5 cm³/mol. The summed E-state index contributed by atoms with van der Waals surface area (Å²) in [4.78, 5) is 13.9. The number of hydrogen-bond acceptors (Lipinski definition) is 2. The fourth-order valence-corrected chi connectivity index (χ4v) is 3.31. The predicted octanol–water partition coefficient (Wildman–Crippen LogP) is 2.75. The molecule has 94 valence electrons. The lowest BCUT2D eigenvalue weighted by Crippen LogP contribution is -2.62. The third-order valence-corrected chi connectivity index (χ3v) is 4.11. The van der Waals surface area contributed by atoms with Gasteiger partial charge in [-0.2, -0.15) is 0 Å². The van der Waals surface area contributed by atoms with Gasteiger partial charge in [0.05, 0.1) is 0 Å². The Kier molecular flexibility index (Phi) is 4.36. The fraction of sp³-hybridized carbons (Fsp3) is 0.923. The van der Waals surface area contributed by atoms with Gasteiger partial charge < -0.3 is 5.11 Å². The number of carboxylic acid groups (broad SMARTS) is 1. The quantitative estimate of drug-likeness (QED) is 0.803. The van der Waals surface area contributed by atoms with Crippen molar-refractivity contribution >= 4 is 5.97 Å². The number of aliphatic carboxylic acids is 1. The second-order valence-corrected chi connectivity index (χ2v) is 5.26. The SMILES string of the molecule is CCN(C(C)C)C1(C(=O)O)CCCCC1C. The van der Waals surface area contributed by atoms with Gasteiger partial charge in [-0.25, -0.2) is 0 Å². The summed E-state index contributed by atoms with van der Waals surface area (Å²) in [6.45, 7) is 9.16. The summed E-state index contributed by atoms with van der Waals surface area (Å²) in [6.07, 6.45) is 4.05. The fourth-order valence-electron chi connectivity index (χ4n) is 3.31. The minimum Gasteiger partial charge on any atom is -0.480 e. The van der Waals surface area contributed by atoms with Crippen LogP contribution in [0, 0.1) is 5.92 Å². The molecule has 1 saturated carbocycles. The number of nitrogens with zero attached hydrogens (tertiary/aromatic N) is 1. The molecule has 0 aromatic heterocycles. The van der Waals surface area contributed by atoms with E-state index in [9.17, 15) is 9.90 Å². The van der Waals surface area contributed by atoms with E-state index in [0.717, 1.165) is 25.8 Å². The lowest BCUT2D eigenvalue weighted by atomic mass is 9.72. The second kappa shape index (κ2) is 5.17. The van der Waals surface area contributed by atoms with Crippen LogP contribution in [-0.4, -0.2) is 34.1 Å². The van der Waals surface area contributed by atoms with Gasteiger partial charge >= 0.3 is 5.97 Å². The molecule has 16 heavy (non-hydrogen) atoms. The highest BCUT2D eigenvalue weighted by atomic mass is 16.4. The van der Waals surface area contributed by atoms with E-state index in [1.807, 2.05) is 0 Å². The molecule has 1 N–H and O–H groups in total. The Hall–Kier alpha value is -0.570. The highest BCUT2D eigenvalue weighted by Gasteiger charge is 2.49. The standard InChI is InChI=1S/C13H25NO2/c1-5-14(10(2)3)13(12(15)16)9-7-6-8-11(13)4/h10-11H,5-9H2,1-4H3,(H,15,16). The normalized spacial score (nSPS) is 31.0. The average Bonchev–Trinajstić information content (AvgIpc) is 2.21. The zero-order valence-electron chi connectivity index (χ0n) is 11.0. The summed E-state index contributed by atoms with van der Waals surface area (Å²) in [7, 11) is 0. The summed E-state index contributed by atoms with van der Waals surface area (Å²) in [5.74, 6) is -0.378. The molecule has 0 spiro atoms. The van der Waals surface area contributed by atoms with Gasteiger partial charge in [-0.1, -0.05) is 26.7 Å². The van der Waals surface area contributed by atoms with E-state index in [-0.39, 0.29) is 5.92 Å². The molecule has 0 aromatic rings. The van der Waals surface area contributed by atoms with Gasteiger partial charge in [-0.05, 0) is 39.2 Å². The van der Waals surface area contributed by atoms with Crippen LogP contribution in [0.2, 0.25) is 0 Å². The smallest absolute Gasteiger partial charge is 0.324 e. The topological polar surface area (TPSA) is 40.5 Å². The van der Waals surface area contributed by atoms with Crippen molar-refractivity contribution in [1.29, 1.82) is 0 Å². The molecular formula is C13H25NO2. The van der Waals surface area contributed by atoms with Gasteiger partial charge in [0.25, 0.3) is 0 Å². The first-order valence-electron chi connectivity index (χ1n) is 6.47. The summed E-state index contributed by atoms with van der Waals surface area (Å²) in [6, 6.07) is 0.293. The first kappa shape index (κ1) is 13.5. The molecule has 3 heteroatoms. The van der Waals surface area contributed by atoms with Gasteiger partial charge in [-0.15, -0.1) is 0 Å². The molecule has 1 aliphatic carbocycles. The van der Waals surface area contributed by atoms with Crippen molar-refractivity contribution in [2.45, 2.75) is 65.0 Å². The third kappa shape index (κ3) is 2.10. The molecule has 0 saturated heterocycles. The number of hydrogen-bond donors (Lipinski definition) is 1. The van der Waals surface area contributed by atoms with E-state index in [2.05, 4.69) is 32.6 Å². The highest BCUT2D eigenvalue weighted by Crippen LogP contribution is 2.39. The minimum atomic E-state index is -0.629. The lowest BCUT2D eigenvalue weighted by Gasteiger charge is -2.48. The molecule has 0 bridgehead atoms. The average molecular weight is 227 g/mol. The van der Waals surface area contributed by atoms with Gasteiger partial charge in [0.15, 0.2) is 0 Å². The van der Waals surface area contributed by atoms with Gasteiger partial charge in [-0.3, -0.25) is 9.69 Å². The zero-order chi connectivity index (χ0) is 12.3. The van der Waals surface area contributed by atoms with Crippen LogP contribution >= 0.6 is 0 Å². The minimum absolute atomic E-state index is 0.251. The van der Waals surface area contributed by atoms with Crippen LogP contribution in [0.1, 0.15) is 53.4 Å². The summed E-state index contributed by atoms with van der Waals surface area (Å²) >= 11 is 0. The summed E-state index contributed by atoms with van der Waals surface area (Å²) in [5.41, 5.74) is -0.624. The van der Waals surface area contributed by atoms with Crippen molar-refractivity contribution in [3.8, 4) is 0 Å². The molecular weight excluding hydrogens is 202 g/mol.